The highest BCUT2D eigenvalue weighted by atomic mass is 16.2. The summed E-state index contributed by atoms with van der Waals surface area (Å²) in [6.07, 6.45) is 2.98. The van der Waals surface area contributed by atoms with Crippen molar-refractivity contribution in [3.05, 3.63) is 36.5 Å². The first kappa shape index (κ1) is 15.6. The Bertz CT molecular complexity index is 610. The Morgan fingerprint density at radius 1 is 1.29 bits per heavy atom. The van der Waals surface area contributed by atoms with Crippen LogP contribution in [0.3, 0.4) is 0 Å². The van der Waals surface area contributed by atoms with Gasteiger partial charge in [-0.15, -0.1) is 0 Å². The van der Waals surface area contributed by atoms with E-state index in [-0.39, 0.29) is 11.3 Å². The van der Waals surface area contributed by atoms with Gasteiger partial charge in [-0.1, -0.05) is 39.0 Å². The number of nitrogens with two attached hydrogens (primary N) is 1. The summed E-state index contributed by atoms with van der Waals surface area (Å²) in [5.41, 5.74) is 6.95. The van der Waals surface area contributed by atoms with Crippen molar-refractivity contribution in [2.24, 2.45) is 11.1 Å². The average Bonchev–Trinajstić information content (AvgIpc) is 2.85. The number of nitrogens with zero attached hydrogens (tertiary/aromatic N) is 1. The van der Waals surface area contributed by atoms with Gasteiger partial charge in [-0.3, -0.25) is 4.79 Å². The third-order valence-electron chi connectivity index (χ3n) is 3.77. The minimum atomic E-state index is -0.468. The van der Waals surface area contributed by atoms with Crippen molar-refractivity contribution in [1.29, 1.82) is 0 Å². The highest BCUT2D eigenvalue weighted by Crippen LogP contribution is 2.17. The van der Waals surface area contributed by atoms with E-state index in [9.17, 15) is 4.79 Å². The van der Waals surface area contributed by atoms with Crippen LogP contribution in [-0.4, -0.2) is 23.1 Å². The molecular weight excluding hydrogens is 262 g/mol. The van der Waals surface area contributed by atoms with Crippen molar-refractivity contribution in [3.8, 4) is 0 Å². The molecule has 0 spiro atoms. The number of nitrogens with one attached hydrogen (secondary N) is 1. The van der Waals surface area contributed by atoms with Crippen LogP contribution >= 0.6 is 0 Å². The Kier molecular flexibility index (Phi) is 4.68. The summed E-state index contributed by atoms with van der Waals surface area (Å²) in [7, 11) is 0. The smallest absolute Gasteiger partial charge is 0.237 e. The third kappa shape index (κ3) is 3.85. The van der Waals surface area contributed by atoms with Crippen LogP contribution in [-0.2, 0) is 11.3 Å². The quantitative estimate of drug-likeness (QED) is 0.830. The first-order valence-electron chi connectivity index (χ1n) is 7.47. The van der Waals surface area contributed by atoms with E-state index in [0.29, 0.717) is 6.54 Å². The lowest BCUT2D eigenvalue weighted by atomic mass is 9.87. The average molecular weight is 287 g/mol. The van der Waals surface area contributed by atoms with Gasteiger partial charge in [0.1, 0.15) is 0 Å². The van der Waals surface area contributed by atoms with E-state index in [4.69, 9.17) is 5.73 Å². The third-order valence-corrected chi connectivity index (χ3v) is 3.77. The van der Waals surface area contributed by atoms with Gasteiger partial charge in [0.05, 0.1) is 6.04 Å². The van der Waals surface area contributed by atoms with Gasteiger partial charge in [0.15, 0.2) is 0 Å². The predicted octanol–water partition coefficient (Wildman–Crippen LogP) is 2.52. The van der Waals surface area contributed by atoms with Crippen LogP contribution in [0, 0.1) is 5.41 Å². The second kappa shape index (κ2) is 6.31. The molecule has 0 bridgehead atoms. The summed E-state index contributed by atoms with van der Waals surface area (Å²) in [4.78, 5) is 11.9. The van der Waals surface area contributed by atoms with Gasteiger partial charge in [-0.25, -0.2) is 0 Å². The number of aryl methyl sites for hydroxylation is 1. The van der Waals surface area contributed by atoms with Crippen LogP contribution in [0.1, 0.15) is 27.2 Å². The maximum atomic E-state index is 11.9. The van der Waals surface area contributed by atoms with E-state index >= 15 is 0 Å². The number of fused-ring (bicyclic) bond motifs is 1. The van der Waals surface area contributed by atoms with Gasteiger partial charge in [-0.2, -0.15) is 0 Å². The lowest BCUT2D eigenvalue weighted by molar-refractivity contribution is -0.124. The van der Waals surface area contributed by atoms with Gasteiger partial charge >= 0.3 is 0 Å². The number of aromatic nitrogens is 1. The lowest BCUT2D eigenvalue weighted by Gasteiger charge is -2.25. The van der Waals surface area contributed by atoms with Crippen molar-refractivity contribution in [3.63, 3.8) is 0 Å². The SMILES string of the molecule is CC(C)(C)[C@H](N)C(=O)NCCCn1ccc2ccccc21. The molecule has 0 fully saturated rings. The molecule has 1 heterocycles. The molecule has 0 saturated heterocycles. The molecule has 3 N–H and O–H groups in total. The number of para-hydroxylation sites is 1. The van der Waals surface area contributed by atoms with Gasteiger partial charge < -0.3 is 15.6 Å². The van der Waals surface area contributed by atoms with Crippen LogP contribution < -0.4 is 11.1 Å². The molecular formula is C17H25N3O. The normalized spacial score (nSPS) is 13.3. The number of rotatable bonds is 5. The molecule has 0 aliphatic rings. The molecule has 1 aromatic heterocycles. The Morgan fingerprint density at radius 3 is 2.71 bits per heavy atom. The second-order valence-electron chi connectivity index (χ2n) is 6.56. The summed E-state index contributed by atoms with van der Waals surface area (Å²) in [6.45, 7) is 7.46. The molecule has 1 atom stereocenters. The van der Waals surface area contributed by atoms with E-state index in [1.807, 2.05) is 32.9 Å². The Hall–Kier alpha value is -1.81. The predicted molar refractivity (Wildman–Crippen MR) is 87.0 cm³/mol. The number of hydrogen-bond acceptors (Lipinski definition) is 2. The van der Waals surface area contributed by atoms with Crippen LogP contribution in [0.5, 0.6) is 0 Å². The number of benzene rings is 1. The molecule has 4 nitrogen and oxygen atoms in total. The molecule has 0 radical (unpaired) electrons. The van der Waals surface area contributed by atoms with Gasteiger partial charge in [0, 0.05) is 24.8 Å². The van der Waals surface area contributed by atoms with Crippen molar-refractivity contribution < 1.29 is 4.79 Å². The second-order valence-corrected chi connectivity index (χ2v) is 6.56. The first-order valence-corrected chi connectivity index (χ1v) is 7.47. The fraction of sp³-hybridized carbons (Fsp3) is 0.471. The van der Waals surface area contributed by atoms with E-state index < -0.39 is 6.04 Å². The molecule has 0 unspecified atom stereocenters. The Labute approximate surface area is 126 Å². The van der Waals surface area contributed by atoms with Crippen LogP contribution in [0.2, 0.25) is 0 Å². The van der Waals surface area contributed by atoms with Crippen LogP contribution in [0.25, 0.3) is 10.9 Å². The monoisotopic (exact) mass is 287 g/mol. The highest BCUT2D eigenvalue weighted by molar-refractivity contribution is 5.82. The zero-order valence-corrected chi connectivity index (χ0v) is 13.1. The molecule has 1 aromatic carbocycles. The number of carbonyl (C=O) groups excluding carboxylic acids is 1. The van der Waals surface area contributed by atoms with Crippen molar-refractivity contribution >= 4 is 16.8 Å². The molecule has 2 aromatic rings. The largest absolute Gasteiger partial charge is 0.355 e. The van der Waals surface area contributed by atoms with Crippen molar-refractivity contribution in [2.45, 2.75) is 39.8 Å². The zero-order chi connectivity index (χ0) is 15.5. The van der Waals surface area contributed by atoms with Gasteiger partial charge in [-0.05, 0) is 29.4 Å². The fourth-order valence-electron chi connectivity index (χ4n) is 2.30. The van der Waals surface area contributed by atoms with E-state index in [1.54, 1.807) is 0 Å². The number of carbonyl (C=O) groups is 1. The highest BCUT2D eigenvalue weighted by Gasteiger charge is 2.26. The summed E-state index contributed by atoms with van der Waals surface area (Å²) < 4.78 is 2.21. The van der Waals surface area contributed by atoms with Crippen molar-refractivity contribution in [2.75, 3.05) is 6.54 Å². The van der Waals surface area contributed by atoms with Gasteiger partial charge in [0.25, 0.3) is 0 Å². The molecule has 0 saturated carbocycles. The van der Waals surface area contributed by atoms with E-state index in [0.717, 1.165) is 13.0 Å². The molecule has 0 aliphatic carbocycles. The molecule has 21 heavy (non-hydrogen) atoms. The van der Waals surface area contributed by atoms with Crippen molar-refractivity contribution in [1.82, 2.24) is 9.88 Å². The van der Waals surface area contributed by atoms with Crippen LogP contribution in [0.4, 0.5) is 0 Å². The molecule has 2 rings (SSSR count). The first-order chi connectivity index (χ1) is 9.89. The number of hydrogen-bond donors (Lipinski definition) is 2. The number of amides is 1. The van der Waals surface area contributed by atoms with Gasteiger partial charge in [0.2, 0.25) is 5.91 Å². The summed E-state index contributed by atoms with van der Waals surface area (Å²) in [5.74, 6) is -0.0696. The maximum absolute atomic E-state index is 11.9. The van der Waals surface area contributed by atoms with E-state index in [1.165, 1.54) is 10.9 Å². The summed E-state index contributed by atoms with van der Waals surface area (Å²) in [6, 6.07) is 9.96. The molecule has 114 valence electrons. The topological polar surface area (TPSA) is 60.1 Å². The zero-order valence-electron chi connectivity index (χ0n) is 13.1. The standard InChI is InChI=1S/C17H25N3O/c1-17(2,3)15(18)16(21)19-10-6-11-20-12-9-13-7-4-5-8-14(13)20/h4-5,7-9,12,15H,6,10-11,18H2,1-3H3,(H,19,21)/t15-/m1/s1. The maximum Gasteiger partial charge on any atom is 0.237 e. The fourth-order valence-corrected chi connectivity index (χ4v) is 2.30. The Balaban J connectivity index is 1.81. The molecule has 0 aliphatic heterocycles. The lowest BCUT2D eigenvalue weighted by Crippen LogP contribution is -2.48. The minimum Gasteiger partial charge on any atom is -0.355 e. The summed E-state index contributed by atoms with van der Waals surface area (Å²) >= 11 is 0. The van der Waals surface area contributed by atoms with Crippen LogP contribution in [0.15, 0.2) is 36.5 Å². The summed E-state index contributed by atoms with van der Waals surface area (Å²) in [5, 5.41) is 4.17. The molecule has 4 heteroatoms. The Morgan fingerprint density at radius 2 is 2.00 bits per heavy atom. The minimum absolute atomic E-state index is 0.0696. The van der Waals surface area contributed by atoms with E-state index in [2.05, 4.69) is 34.3 Å². The molecule has 1 amide bonds.